The van der Waals surface area contributed by atoms with Gasteiger partial charge in [-0.05, 0) is 50.5 Å². The lowest BCUT2D eigenvalue weighted by atomic mass is 9.68. The highest BCUT2D eigenvalue weighted by Gasteiger charge is 2.43. The van der Waals surface area contributed by atoms with Gasteiger partial charge in [0.1, 0.15) is 0 Å². The molecule has 0 unspecified atom stereocenters. The van der Waals surface area contributed by atoms with Crippen molar-refractivity contribution in [3.8, 4) is 0 Å². The number of likely N-dealkylation sites (tertiary alicyclic amines) is 1. The number of piperidine rings is 1. The SMILES string of the molecule is CC1=C(C(=O)N2CCCCC2)[C@H](c2ccc(C)cc2)C2=C(CC(C)(C)CC2=O)N1. The number of ketones is 1. The van der Waals surface area contributed by atoms with Crippen LogP contribution < -0.4 is 5.32 Å². The predicted octanol–water partition coefficient (Wildman–Crippen LogP) is 4.61. The number of carbonyl (C=O) groups is 2. The Kier molecular flexibility index (Phi) is 5.14. The molecular weight excluding hydrogens is 360 g/mol. The van der Waals surface area contributed by atoms with Crippen molar-refractivity contribution in [1.82, 2.24) is 10.2 Å². The van der Waals surface area contributed by atoms with Gasteiger partial charge < -0.3 is 10.2 Å². The van der Waals surface area contributed by atoms with Crippen LogP contribution in [-0.4, -0.2) is 29.7 Å². The minimum Gasteiger partial charge on any atom is -0.362 e. The van der Waals surface area contributed by atoms with Crippen LogP contribution in [0.4, 0.5) is 0 Å². The van der Waals surface area contributed by atoms with Crippen LogP contribution in [0.1, 0.15) is 69.9 Å². The summed E-state index contributed by atoms with van der Waals surface area (Å²) in [5.41, 5.74) is 5.62. The lowest BCUT2D eigenvalue weighted by molar-refractivity contribution is -0.128. The van der Waals surface area contributed by atoms with Crippen molar-refractivity contribution in [1.29, 1.82) is 0 Å². The van der Waals surface area contributed by atoms with E-state index in [4.69, 9.17) is 0 Å². The fourth-order valence-electron chi connectivity index (χ4n) is 5.08. The highest BCUT2D eigenvalue weighted by Crippen LogP contribution is 2.47. The Bertz CT molecular complexity index is 899. The molecule has 0 saturated carbocycles. The van der Waals surface area contributed by atoms with Gasteiger partial charge in [0.25, 0.3) is 5.91 Å². The summed E-state index contributed by atoms with van der Waals surface area (Å²) in [7, 11) is 0. The Hall–Kier alpha value is -2.36. The number of rotatable bonds is 2. The molecule has 4 nitrogen and oxygen atoms in total. The topological polar surface area (TPSA) is 49.4 Å². The average molecular weight is 393 g/mol. The third-order valence-electron chi connectivity index (χ3n) is 6.52. The zero-order valence-corrected chi connectivity index (χ0v) is 18.1. The molecule has 1 aromatic rings. The Labute approximate surface area is 174 Å². The predicted molar refractivity (Wildman–Crippen MR) is 115 cm³/mol. The Morgan fingerprint density at radius 1 is 1.03 bits per heavy atom. The standard InChI is InChI=1S/C25H32N2O2/c1-16-8-10-18(11-9-16)22-21(24(29)27-12-6-5-7-13-27)17(2)26-19-14-25(3,4)15-20(28)23(19)22/h8-11,22,26H,5-7,12-15H2,1-4H3/t22-/m0/s1. The second-order valence-corrected chi connectivity index (χ2v) is 9.69. The number of nitrogens with one attached hydrogen (secondary N) is 1. The van der Waals surface area contributed by atoms with Crippen LogP contribution in [0.2, 0.25) is 0 Å². The average Bonchev–Trinajstić information content (AvgIpc) is 2.67. The van der Waals surface area contributed by atoms with Gasteiger partial charge in [0.2, 0.25) is 0 Å². The Morgan fingerprint density at radius 3 is 2.34 bits per heavy atom. The largest absolute Gasteiger partial charge is 0.362 e. The van der Waals surface area contributed by atoms with Crippen LogP contribution in [0.3, 0.4) is 0 Å². The van der Waals surface area contributed by atoms with E-state index in [1.165, 1.54) is 12.0 Å². The van der Waals surface area contributed by atoms with Gasteiger partial charge in [-0.25, -0.2) is 0 Å². The molecule has 0 spiro atoms. The first kappa shape index (κ1) is 19.9. The molecule has 4 heteroatoms. The molecule has 1 aromatic carbocycles. The summed E-state index contributed by atoms with van der Waals surface area (Å²) in [6.45, 7) is 9.96. The first-order chi connectivity index (χ1) is 13.8. The van der Waals surface area contributed by atoms with E-state index < -0.39 is 0 Å². The second-order valence-electron chi connectivity index (χ2n) is 9.69. The number of dihydropyridines is 1. The monoisotopic (exact) mass is 392 g/mol. The molecule has 1 atom stereocenters. The smallest absolute Gasteiger partial charge is 0.252 e. The number of benzene rings is 1. The van der Waals surface area contributed by atoms with Crippen LogP contribution in [0.25, 0.3) is 0 Å². The van der Waals surface area contributed by atoms with E-state index in [1.54, 1.807) is 0 Å². The molecule has 2 heterocycles. The van der Waals surface area contributed by atoms with Gasteiger partial charge in [-0.3, -0.25) is 9.59 Å². The normalized spacial score (nSPS) is 24.3. The lowest BCUT2D eigenvalue weighted by Gasteiger charge is -2.41. The molecule has 29 heavy (non-hydrogen) atoms. The number of nitrogens with zero attached hydrogens (tertiary/aromatic N) is 1. The quantitative estimate of drug-likeness (QED) is 0.799. The van der Waals surface area contributed by atoms with E-state index >= 15 is 0 Å². The fraction of sp³-hybridized carbons (Fsp3) is 0.520. The van der Waals surface area contributed by atoms with Crippen LogP contribution in [0.5, 0.6) is 0 Å². The summed E-state index contributed by atoms with van der Waals surface area (Å²) < 4.78 is 0. The minimum absolute atomic E-state index is 0.0601. The zero-order valence-electron chi connectivity index (χ0n) is 18.1. The number of allylic oxidation sites excluding steroid dienone is 3. The summed E-state index contributed by atoms with van der Waals surface area (Å²) in [5, 5.41) is 3.48. The van der Waals surface area contributed by atoms with Crippen molar-refractivity contribution < 1.29 is 9.59 Å². The number of aryl methyl sites for hydroxylation is 1. The molecule has 154 valence electrons. The molecule has 1 aliphatic carbocycles. The van der Waals surface area contributed by atoms with Crippen molar-refractivity contribution in [2.24, 2.45) is 5.41 Å². The van der Waals surface area contributed by atoms with Gasteiger partial charge in [0.05, 0.1) is 0 Å². The van der Waals surface area contributed by atoms with E-state index in [-0.39, 0.29) is 23.0 Å². The molecule has 4 rings (SSSR count). The number of carbonyl (C=O) groups excluding carboxylic acids is 2. The van der Waals surface area contributed by atoms with E-state index in [2.05, 4.69) is 50.4 Å². The van der Waals surface area contributed by atoms with E-state index in [0.717, 1.165) is 60.5 Å². The summed E-state index contributed by atoms with van der Waals surface area (Å²) in [5.74, 6) is -0.0138. The molecule has 1 N–H and O–H groups in total. The fourth-order valence-corrected chi connectivity index (χ4v) is 5.08. The van der Waals surface area contributed by atoms with Crippen LogP contribution >= 0.6 is 0 Å². The van der Waals surface area contributed by atoms with Crippen molar-refractivity contribution in [3.63, 3.8) is 0 Å². The van der Waals surface area contributed by atoms with Gasteiger partial charge in [-0.15, -0.1) is 0 Å². The first-order valence-electron chi connectivity index (χ1n) is 10.9. The Balaban J connectivity index is 1.82. The molecule has 3 aliphatic rings. The molecular formula is C25H32N2O2. The Morgan fingerprint density at radius 2 is 1.69 bits per heavy atom. The van der Waals surface area contributed by atoms with Gasteiger partial charge in [0, 0.05) is 48.0 Å². The summed E-state index contributed by atoms with van der Waals surface area (Å²) >= 11 is 0. The summed E-state index contributed by atoms with van der Waals surface area (Å²) in [6.07, 6.45) is 4.66. The van der Waals surface area contributed by atoms with Crippen LogP contribution in [-0.2, 0) is 9.59 Å². The highest BCUT2D eigenvalue weighted by molar-refractivity contribution is 6.05. The maximum atomic E-state index is 13.6. The molecule has 0 radical (unpaired) electrons. The minimum atomic E-state index is -0.273. The molecule has 1 fully saturated rings. The van der Waals surface area contributed by atoms with Crippen LogP contribution in [0, 0.1) is 12.3 Å². The summed E-state index contributed by atoms with van der Waals surface area (Å²) in [4.78, 5) is 28.9. The summed E-state index contributed by atoms with van der Waals surface area (Å²) in [6, 6.07) is 8.32. The van der Waals surface area contributed by atoms with Gasteiger partial charge in [-0.1, -0.05) is 43.7 Å². The van der Waals surface area contributed by atoms with Gasteiger partial charge >= 0.3 is 0 Å². The van der Waals surface area contributed by atoms with E-state index in [1.807, 2.05) is 11.8 Å². The maximum Gasteiger partial charge on any atom is 0.252 e. The van der Waals surface area contributed by atoms with Crippen molar-refractivity contribution >= 4 is 11.7 Å². The molecule has 1 amide bonds. The lowest BCUT2D eigenvalue weighted by Crippen LogP contribution is -2.43. The van der Waals surface area contributed by atoms with Gasteiger partial charge in [-0.2, -0.15) is 0 Å². The number of Topliss-reactive ketones (excluding diaryl/α,β-unsaturated/α-hetero) is 1. The number of hydrogen-bond donors (Lipinski definition) is 1. The van der Waals surface area contributed by atoms with E-state index in [9.17, 15) is 9.59 Å². The number of hydrogen-bond acceptors (Lipinski definition) is 3. The molecule has 1 saturated heterocycles. The second kappa shape index (κ2) is 7.47. The van der Waals surface area contributed by atoms with E-state index in [0.29, 0.717) is 6.42 Å². The van der Waals surface area contributed by atoms with Crippen molar-refractivity contribution in [2.45, 2.75) is 65.7 Å². The maximum absolute atomic E-state index is 13.6. The van der Waals surface area contributed by atoms with Crippen molar-refractivity contribution in [3.05, 3.63) is 57.9 Å². The molecule has 0 aromatic heterocycles. The van der Waals surface area contributed by atoms with Gasteiger partial charge in [0.15, 0.2) is 5.78 Å². The third-order valence-corrected chi connectivity index (χ3v) is 6.52. The number of amides is 1. The first-order valence-corrected chi connectivity index (χ1v) is 10.9. The molecule has 0 bridgehead atoms. The molecule has 2 aliphatic heterocycles. The third kappa shape index (κ3) is 3.77. The zero-order chi connectivity index (χ0) is 20.8. The van der Waals surface area contributed by atoms with Crippen molar-refractivity contribution in [2.75, 3.05) is 13.1 Å². The highest BCUT2D eigenvalue weighted by atomic mass is 16.2. The van der Waals surface area contributed by atoms with Crippen LogP contribution in [0.15, 0.2) is 46.8 Å².